The molecule has 0 radical (unpaired) electrons. The minimum Gasteiger partial charge on any atom is -0.481 e. The average molecular weight is 285 g/mol. The number of aliphatic carboxylic acids is 1. The average Bonchev–Trinajstić information content (AvgIpc) is 2.28. The Hall–Kier alpha value is -1.82. The zero-order chi connectivity index (χ0) is 14.2. The number of carboxylic acid groups (broad SMARTS) is 1. The molecule has 0 aromatic heterocycles. The summed E-state index contributed by atoms with van der Waals surface area (Å²) in [6.45, 7) is 2.67. The molecule has 2 rings (SSSR count). The van der Waals surface area contributed by atoms with Crippen molar-refractivity contribution < 1.29 is 14.8 Å². The normalized spacial score (nSPS) is 16.8. The lowest BCUT2D eigenvalue weighted by Crippen LogP contribution is -2.51. The van der Waals surface area contributed by atoms with E-state index in [1.165, 1.54) is 6.07 Å². The van der Waals surface area contributed by atoms with Crippen LogP contribution in [0.2, 0.25) is 5.02 Å². The Balaban J connectivity index is 2.14. The number of nitro groups is 1. The Morgan fingerprint density at radius 1 is 1.58 bits per heavy atom. The fourth-order valence-corrected chi connectivity index (χ4v) is 2.30. The Bertz CT molecular complexity index is 528. The second-order valence-corrected chi connectivity index (χ2v) is 5.12. The SMILES string of the molecule is CC(C(=O)O)C1CN(c2ccc(Cl)cc2[N+](=O)[O-])C1. The lowest BCUT2D eigenvalue weighted by atomic mass is 9.86. The van der Waals surface area contributed by atoms with Crippen molar-refractivity contribution in [2.75, 3.05) is 18.0 Å². The number of benzene rings is 1. The number of halogens is 1. The van der Waals surface area contributed by atoms with Gasteiger partial charge in [-0.3, -0.25) is 14.9 Å². The second kappa shape index (κ2) is 5.05. The molecule has 1 aromatic carbocycles. The van der Waals surface area contributed by atoms with Crippen LogP contribution >= 0.6 is 11.6 Å². The maximum atomic E-state index is 11.0. The lowest BCUT2D eigenvalue weighted by molar-refractivity contribution is -0.384. The minimum absolute atomic E-state index is 0.0211. The first-order valence-corrected chi connectivity index (χ1v) is 6.19. The van der Waals surface area contributed by atoms with Gasteiger partial charge in [0.15, 0.2) is 0 Å². The number of carboxylic acids is 1. The summed E-state index contributed by atoms with van der Waals surface area (Å²) in [4.78, 5) is 23.1. The summed E-state index contributed by atoms with van der Waals surface area (Å²) in [5, 5.41) is 20.2. The van der Waals surface area contributed by atoms with Gasteiger partial charge >= 0.3 is 5.97 Å². The molecule has 1 atom stereocenters. The fourth-order valence-electron chi connectivity index (χ4n) is 2.14. The molecule has 0 spiro atoms. The Morgan fingerprint density at radius 3 is 2.74 bits per heavy atom. The van der Waals surface area contributed by atoms with E-state index in [-0.39, 0.29) is 11.6 Å². The van der Waals surface area contributed by atoms with Gasteiger partial charge in [0.05, 0.1) is 10.8 Å². The standard InChI is InChI=1S/C12H13ClN2O4/c1-7(12(16)17)8-5-14(6-8)10-3-2-9(13)4-11(10)15(18)19/h2-4,7-8H,5-6H2,1H3,(H,16,17). The monoisotopic (exact) mass is 284 g/mol. The third kappa shape index (κ3) is 2.63. The first kappa shape index (κ1) is 13.6. The molecule has 102 valence electrons. The van der Waals surface area contributed by atoms with Gasteiger partial charge in [0.2, 0.25) is 0 Å². The van der Waals surface area contributed by atoms with Gasteiger partial charge in [-0.25, -0.2) is 0 Å². The van der Waals surface area contributed by atoms with Crippen LogP contribution in [-0.4, -0.2) is 29.1 Å². The zero-order valence-electron chi connectivity index (χ0n) is 10.2. The number of rotatable bonds is 4. The summed E-state index contributed by atoms with van der Waals surface area (Å²) >= 11 is 5.75. The van der Waals surface area contributed by atoms with Crippen LogP contribution < -0.4 is 4.90 Å². The number of anilines is 1. The number of nitro benzene ring substituents is 1. The summed E-state index contributed by atoms with van der Waals surface area (Å²) in [6, 6.07) is 4.50. The van der Waals surface area contributed by atoms with Crippen molar-refractivity contribution >= 4 is 28.9 Å². The van der Waals surface area contributed by atoms with Crippen LogP contribution in [0.5, 0.6) is 0 Å². The summed E-state index contributed by atoms with van der Waals surface area (Å²) < 4.78 is 0. The maximum Gasteiger partial charge on any atom is 0.306 e. The predicted octanol–water partition coefficient (Wildman–Crippen LogP) is 2.41. The van der Waals surface area contributed by atoms with Crippen molar-refractivity contribution in [2.45, 2.75) is 6.92 Å². The zero-order valence-corrected chi connectivity index (χ0v) is 11.0. The Kier molecular flexibility index (Phi) is 3.61. The lowest BCUT2D eigenvalue weighted by Gasteiger charge is -2.42. The molecular formula is C12H13ClN2O4. The maximum absolute atomic E-state index is 11.0. The highest BCUT2D eigenvalue weighted by atomic mass is 35.5. The topological polar surface area (TPSA) is 83.7 Å². The molecule has 0 saturated carbocycles. The van der Waals surface area contributed by atoms with E-state index in [4.69, 9.17) is 16.7 Å². The van der Waals surface area contributed by atoms with Crippen LogP contribution in [0.15, 0.2) is 18.2 Å². The molecule has 1 N–H and O–H groups in total. The smallest absolute Gasteiger partial charge is 0.306 e. The molecule has 19 heavy (non-hydrogen) atoms. The summed E-state index contributed by atoms with van der Waals surface area (Å²) in [5.74, 6) is -1.26. The molecule has 1 aromatic rings. The molecule has 7 heteroatoms. The highest BCUT2D eigenvalue weighted by Crippen LogP contribution is 2.36. The summed E-state index contributed by atoms with van der Waals surface area (Å²) in [6.07, 6.45) is 0. The minimum atomic E-state index is -0.838. The van der Waals surface area contributed by atoms with Crippen molar-refractivity contribution in [1.82, 2.24) is 0 Å². The number of hydrogen-bond donors (Lipinski definition) is 1. The first-order valence-electron chi connectivity index (χ1n) is 5.82. The van der Waals surface area contributed by atoms with E-state index in [0.29, 0.717) is 23.8 Å². The van der Waals surface area contributed by atoms with E-state index in [0.717, 1.165) is 0 Å². The van der Waals surface area contributed by atoms with Crippen molar-refractivity contribution in [2.24, 2.45) is 11.8 Å². The van der Waals surface area contributed by atoms with E-state index in [9.17, 15) is 14.9 Å². The van der Waals surface area contributed by atoms with Gasteiger partial charge in [0.1, 0.15) is 5.69 Å². The molecule has 6 nitrogen and oxygen atoms in total. The van der Waals surface area contributed by atoms with Gasteiger partial charge in [-0.2, -0.15) is 0 Å². The second-order valence-electron chi connectivity index (χ2n) is 4.68. The van der Waals surface area contributed by atoms with E-state index in [1.807, 2.05) is 0 Å². The molecule has 1 aliphatic heterocycles. The molecule has 1 saturated heterocycles. The van der Waals surface area contributed by atoms with Gasteiger partial charge in [0, 0.05) is 30.1 Å². The molecule has 1 aliphatic rings. The van der Waals surface area contributed by atoms with E-state index >= 15 is 0 Å². The van der Waals surface area contributed by atoms with Gasteiger partial charge in [-0.1, -0.05) is 18.5 Å². The van der Waals surface area contributed by atoms with E-state index in [1.54, 1.807) is 24.0 Å². The van der Waals surface area contributed by atoms with E-state index < -0.39 is 16.8 Å². The summed E-state index contributed by atoms with van der Waals surface area (Å²) in [5.41, 5.74) is 0.442. The van der Waals surface area contributed by atoms with Crippen LogP contribution in [0.1, 0.15) is 6.92 Å². The first-order chi connectivity index (χ1) is 8.90. The van der Waals surface area contributed by atoms with Crippen LogP contribution in [0.25, 0.3) is 0 Å². The van der Waals surface area contributed by atoms with Gasteiger partial charge in [0.25, 0.3) is 5.69 Å². The van der Waals surface area contributed by atoms with Crippen LogP contribution in [0, 0.1) is 22.0 Å². The molecule has 1 fully saturated rings. The largest absolute Gasteiger partial charge is 0.481 e. The molecule has 1 heterocycles. The van der Waals surface area contributed by atoms with Crippen molar-refractivity contribution in [3.05, 3.63) is 33.3 Å². The summed E-state index contributed by atoms with van der Waals surface area (Å²) in [7, 11) is 0. The Morgan fingerprint density at radius 2 is 2.21 bits per heavy atom. The van der Waals surface area contributed by atoms with Gasteiger partial charge < -0.3 is 10.0 Å². The van der Waals surface area contributed by atoms with Crippen molar-refractivity contribution in [1.29, 1.82) is 0 Å². The van der Waals surface area contributed by atoms with Gasteiger partial charge in [-0.15, -0.1) is 0 Å². The molecule has 1 unspecified atom stereocenters. The number of hydrogen-bond acceptors (Lipinski definition) is 4. The quantitative estimate of drug-likeness (QED) is 0.678. The van der Waals surface area contributed by atoms with Crippen molar-refractivity contribution in [3.63, 3.8) is 0 Å². The third-order valence-electron chi connectivity index (χ3n) is 3.48. The highest BCUT2D eigenvalue weighted by molar-refractivity contribution is 6.30. The van der Waals surface area contributed by atoms with Crippen LogP contribution in [-0.2, 0) is 4.79 Å². The highest BCUT2D eigenvalue weighted by Gasteiger charge is 2.37. The molecule has 0 bridgehead atoms. The van der Waals surface area contributed by atoms with E-state index in [2.05, 4.69) is 0 Å². The van der Waals surface area contributed by atoms with Crippen LogP contribution in [0.3, 0.4) is 0 Å². The van der Waals surface area contributed by atoms with Crippen LogP contribution in [0.4, 0.5) is 11.4 Å². The number of carbonyl (C=O) groups is 1. The predicted molar refractivity (Wildman–Crippen MR) is 70.6 cm³/mol. The number of nitrogens with zero attached hydrogens (tertiary/aromatic N) is 2. The molecular weight excluding hydrogens is 272 g/mol. The molecule has 0 amide bonds. The molecule has 0 aliphatic carbocycles. The Labute approximate surface area is 114 Å². The van der Waals surface area contributed by atoms with Crippen molar-refractivity contribution in [3.8, 4) is 0 Å². The fraction of sp³-hybridized carbons (Fsp3) is 0.417. The van der Waals surface area contributed by atoms with Gasteiger partial charge in [-0.05, 0) is 12.1 Å². The third-order valence-corrected chi connectivity index (χ3v) is 3.72.